The maximum atomic E-state index is 12.2. The lowest BCUT2D eigenvalue weighted by molar-refractivity contribution is -0.143. The van der Waals surface area contributed by atoms with Gasteiger partial charge in [0.05, 0.1) is 21.8 Å². The van der Waals surface area contributed by atoms with Crippen LogP contribution in [0, 0.1) is 0 Å². The molecule has 1 atom stereocenters. The molecule has 0 aliphatic heterocycles. The summed E-state index contributed by atoms with van der Waals surface area (Å²) in [6.45, 7) is 3.92. The second-order valence-corrected chi connectivity index (χ2v) is 8.88. The summed E-state index contributed by atoms with van der Waals surface area (Å²) in [4.78, 5) is 34.4. The third kappa shape index (κ3) is 6.96. The van der Waals surface area contributed by atoms with Crippen molar-refractivity contribution in [3.8, 4) is 17.2 Å². The van der Waals surface area contributed by atoms with E-state index in [0.717, 1.165) is 5.56 Å². The molecule has 2 aromatic rings. The van der Waals surface area contributed by atoms with Gasteiger partial charge in [0, 0.05) is 5.56 Å². The number of phenolic OH excluding ortho intramolecular Hbond substituents is 1. The van der Waals surface area contributed by atoms with Gasteiger partial charge in [0.25, 0.3) is 0 Å². The molecule has 0 saturated carbocycles. The Morgan fingerprint density at radius 1 is 1.13 bits per heavy atom. The van der Waals surface area contributed by atoms with Gasteiger partial charge in [0.1, 0.15) is 17.5 Å². The van der Waals surface area contributed by atoms with Crippen molar-refractivity contribution in [1.29, 1.82) is 0 Å². The van der Waals surface area contributed by atoms with Crippen LogP contribution in [0.25, 0.3) is 0 Å². The van der Waals surface area contributed by atoms with Crippen LogP contribution in [0.4, 0.5) is 0 Å². The lowest BCUT2D eigenvalue weighted by Crippen LogP contribution is -2.43. The third-order valence-electron chi connectivity index (χ3n) is 4.30. The van der Waals surface area contributed by atoms with E-state index in [-0.39, 0.29) is 18.1 Å². The molecule has 0 fully saturated rings. The Morgan fingerprint density at radius 2 is 1.74 bits per heavy atom. The van der Waals surface area contributed by atoms with Gasteiger partial charge in [-0.3, -0.25) is 9.59 Å². The van der Waals surface area contributed by atoms with Crippen LogP contribution in [0.1, 0.15) is 37.3 Å². The standard InChI is InChI=1S/C21H22Br2N2O6/c1-10(2)13-8-12(3-4-17(13)26)31-20-14(22)5-11(6-15(20)23)7-19(28)25-16(21(29)30)9-18(24)27/h3-6,8,10,16,26H,7,9H2,1-2H3,(H2,24,27)(H,25,28)(H,29,30)/t16-/m1/s1. The van der Waals surface area contributed by atoms with Crippen molar-refractivity contribution in [3.05, 3.63) is 50.4 Å². The summed E-state index contributed by atoms with van der Waals surface area (Å²) in [6.07, 6.45) is -0.608. The number of carbonyl (C=O) groups excluding carboxylic acids is 2. The first-order chi connectivity index (χ1) is 14.5. The van der Waals surface area contributed by atoms with Crippen LogP contribution in [0.2, 0.25) is 0 Å². The number of halogens is 2. The van der Waals surface area contributed by atoms with Gasteiger partial charge in [-0.05, 0) is 73.7 Å². The first kappa shape index (κ1) is 24.7. The molecule has 8 nitrogen and oxygen atoms in total. The van der Waals surface area contributed by atoms with Gasteiger partial charge < -0.3 is 26.0 Å². The summed E-state index contributed by atoms with van der Waals surface area (Å²) in [5, 5.41) is 21.4. The molecule has 0 aliphatic rings. The second kappa shape index (κ2) is 10.6. The molecule has 0 aliphatic carbocycles. The minimum atomic E-state index is -1.39. The Balaban J connectivity index is 2.17. The molecule has 0 bridgehead atoms. The van der Waals surface area contributed by atoms with E-state index in [2.05, 4.69) is 37.2 Å². The number of rotatable bonds is 9. The third-order valence-corrected chi connectivity index (χ3v) is 5.48. The van der Waals surface area contributed by atoms with Crippen LogP contribution in [0.15, 0.2) is 39.3 Å². The summed E-state index contributed by atoms with van der Waals surface area (Å²) in [6, 6.07) is 6.93. The lowest BCUT2D eigenvalue weighted by atomic mass is 10.0. The lowest BCUT2D eigenvalue weighted by Gasteiger charge is -2.15. The summed E-state index contributed by atoms with van der Waals surface area (Å²) >= 11 is 6.85. The van der Waals surface area contributed by atoms with E-state index in [1.54, 1.807) is 30.3 Å². The zero-order valence-electron chi connectivity index (χ0n) is 16.8. The average Bonchev–Trinajstić information content (AvgIpc) is 2.64. The topological polar surface area (TPSA) is 139 Å². The number of hydrogen-bond acceptors (Lipinski definition) is 5. The fourth-order valence-corrected chi connectivity index (χ4v) is 4.26. The van der Waals surface area contributed by atoms with Crippen LogP contribution >= 0.6 is 31.9 Å². The Bertz CT molecular complexity index is 986. The van der Waals surface area contributed by atoms with Crippen molar-refractivity contribution >= 4 is 49.6 Å². The Kier molecular flexibility index (Phi) is 8.46. The number of amides is 2. The molecule has 2 rings (SSSR count). The maximum Gasteiger partial charge on any atom is 0.326 e. The van der Waals surface area contributed by atoms with Crippen LogP contribution in [0.5, 0.6) is 17.2 Å². The van der Waals surface area contributed by atoms with E-state index >= 15 is 0 Å². The van der Waals surface area contributed by atoms with Gasteiger partial charge in [-0.15, -0.1) is 0 Å². The average molecular weight is 558 g/mol. The Hall–Kier alpha value is -2.59. The highest BCUT2D eigenvalue weighted by Crippen LogP contribution is 2.39. The van der Waals surface area contributed by atoms with Crippen molar-refractivity contribution in [2.75, 3.05) is 0 Å². The molecule has 0 heterocycles. The number of hydrogen-bond donors (Lipinski definition) is 4. The highest BCUT2D eigenvalue weighted by atomic mass is 79.9. The van der Waals surface area contributed by atoms with E-state index in [9.17, 15) is 19.5 Å². The quantitative estimate of drug-likeness (QED) is 0.369. The highest BCUT2D eigenvalue weighted by molar-refractivity contribution is 9.11. The maximum absolute atomic E-state index is 12.2. The Morgan fingerprint density at radius 3 is 2.26 bits per heavy atom. The van der Waals surface area contributed by atoms with Crippen molar-refractivity contribution < 1.29 is 29.3 Å². The number of ether oxygens (including phenoxy) is 1. The fourth-order valence-electron chi connectivity index (χ4n) is 2.82. The molecule has 0 saturated heterocycles. The molecule has 166 valence electrons. The number of benzene rings is 2. The summed E-state index contributed by atoms with van der Waals surface area (Å²) < 4.78 is 7.08. The largest absolute Gasteiger partial charge is 0.508 e. The predicted molar refractivity (Wildman–Crippen MR) is 121 cm³/mol. The predicted octanol–water partition coefficient (Wildman–Crippen LogP) is 3.82. The minimum Gasteiger partial charge on any atom is -0.508 e. The number of primary amides is 1. The van der Waals surface area contributed by atoms with Gasteiger partial charge in [-0.25, -0.2) is 4.79 Å². The van der Waals surface area contributed by atoms with Gasteiger partial charge in [0.2, 0.25) is 11.8 Å². The van der Waals surface area contributed by atoms with E-state index in [1.807, 2.05) is 13.8 Å². The second-order valence-electron chi connectivity index (χ2n) is 7.17. The normalized spacial score (nSPS) is 11.8. The number of nitrogens with one attached hydrogen (secondary N) is 1. The first-order valence-corrected chi connectivity index (χ1v) is 10.9. The molecule has 0 spiro atoms. The summed E-state index contributed by atoms with van der Waals surface area (Å²) in [7, 11) is 0. The smallest absolute Gasteiger partial charge is 0.326 e. The van der Waals surface area contributed by atoms with E-state index < -0.39 is 30.2 Å². The molecule has 2 aromatic carbocycles. The molecule has 0 unspecified atom stereocenters. The fraction of sp³-hybridized carbons (Fsp3) is 0.286. The zero-order valence-corrected chi connectivity index (χ0v) is 20.0. The molecule has 0 aromatic heterocycles. The van der Waals surface area contributed by atoms with Crippen LogP contribution in [-0.2, 0) is 20.8 Å². The molecule has 31 heavy (non-hydrogen) atoms. The van der Waals surface area contributed by atoms with E-state index in [0.29, 0.717) is 26.0 Å². The van der Waals surface area contributed by atoms with E-state index in [1.165, 1.54) is 0 Å². The Labute approximate surface area is 196 Å². The van der Waals surface area contributed by atoms with E-state index in [4.69, 9.17) is 15.6 Å². The van der Waals surface area contributed by atoms with Crippen LogP contribution in [-0.4, -0.2) is 34.0 Å². The van der Waals surface area contributed by atoms with Crippen LogP contribution < -0.4 is 15.8 Å². The highest BCUT2D eigenvalue weighted by Gasteiger charge is 2.22. The zero-order chi connectivity index (χ0) is 23.3. The molecule has 0 radical (unpaired) electrons. The molecular formula is C21H22Br2N2O6. The number of aromatic hydroxyl groups is 1. The SMILES string of the molecule is CC(C)c1cc(Oc2c(Br)cc(CC(=O)N[C@H](CC(N)=O)C(=O)O)cc2Br)ccc1O. The van der Waals surface area contributed by atoms with Gasteiger partial charge in [-0.1, -0.05) is 13.8 Å². The molecule has 10 heteroatoms. The number of phenols is 1. The number of aliphatic carboxylic acids is 1. The number of carboxylic acids is 1. The van der Waals surface area contributed by atoms with Gasteiger partial charge in [-0.2, -0.15) is 0 Å². The summed E-state index contributed by atoms with van der Waals surface area (Å²) in [5.41, 5.74) is 6.35. The molecule has 2 amide bonds. The number of carboxylic acid groups (broad SMARTS) is 1. The number of carbonyl (C=O) groups is 3. The van der Waals surface area contributed by atoms with Gasteiger partial charge in [0.15, 0.2) is 5.75 Å². The number of nitrogens with two attached hydrogens (primary N) is 1. The minimum absolute atomic E-state index is 0.112. The first-order valence-electron chi connectivity index (χ1n) is 9.27. The van der Waals surface area contributed by atoms with Crippen LogP contribution in [0.3, 0.4) is 0 Å². The van der Waals surface area contributed by atoms with Crippen molar-refractivity contribution in [3.63, 3.8) is 0 Å². The van der Waals surface area contributed by atoms with Crippen molar-refractivity contribution in [2.24, 2.45) is 5.73 Å². The van der Waals surface area contributed by atoms with Crippen molar-refractivity contribution in [2.45, 2.75) is 38.6 Å². The van der Waals surface area contributed by atoms with Crippen molar-refractivity contribution in [1.82, 2.24) is 5.32 Å². The van der Waals surface area contributed by atoms with Gasteiger partial charge >= 0.3 is 5.97 Å². The molecular weight excluding hydrogens is 536 g/mol. The summed E-state index contributed by atoms with van der Waals surface area (Å²) in [5.74, 6) is -1.42. The molecule has 5 N–H and O–H groups in total. The monoisotopic (exact) mass is 556 g/mol.